The molecule has 110 valence electrons. The Hall–Kier alpha value is -1.02. The van der Waals surface area contributed by atoms with Crippen LogP contribution in [0.1, 0.15) is 51.0 Å². The van der Waals surface area contributed by atoms with Crippen molar-refractivity contribution in [1.29, 1.82) is 0 Å². The van der Waals surface area contributed by atoms with Crippen LogP contribution in [0.5, 0.6) is 0 Å². The standard InChI is InChI=1S/C18H28N2/c1-2-8-16-9-4-5-10-17(16)20-14-13-19-18(15-20)11-6-3-7-12-18/h4-5,9-10,19H,2-3,6-8,11-15H2,1H3. The molecule has 0 atom stereocenters. The number of aryl methyl sites for hydroxylation is 1. The highest BCUT2D eigenvalue weighted by atomic mass is 15.2. The Morgan fingerprint density at radius 2 is 1.95 bits per heavy atom. The number of nitrogens with one attached hydrogen (secondary N) is 1. The largest absolute Gasteiger partial charge is 0.368 e. The van der Waals surface area contributed by atoms with Gasteiger partial charge in [-0.15, -0.1) is 0 Å². The number of hydrogen-bond donors (Lipinski definition) is 1. The van der Waals surface area contributed by atoms with E-state index >= 15 is 0 Å². The van der Waals surface area contributed by atoms with Gasteiger partial charge < -0.3 is 10.2 Å². The number of nitrogens with zero attached hydrogens (tertiary/aromatic N) is 1. The zero-order chi connectivity index (χ0) is 13.8. The fourth-order valence-electron chi connectivity index (χ4n) is 4.03. The van der Waals surface area contributed by atoms with Crippen molar-refractivity contribution >= 4 is 5.69 Å². The minimum atomic E-state index is 0.399. The van der Waals surface area contributed by atoms with Crippen LogP contribution in [0.2, 0.25) is 0 Å². The molecule has 1 aromatic carbocycles. The molecule has 1 aromatic rings. The summed E-state index contributed by atoms with van der Waals surface area (Å²) in [5.41, 5.74) is 3.42. The molecular formula is C18H28N2. The van der Waals surface area contributed by atoms with Gasteiger partial charge in [-0.05, 0) is 30.9 Å². The van der Waals surface area contributed by atoms with Crippen molar-refractivity contribution in [3.05, 3.63) is 29.8 Å². The monoisotopic (exact) mass is 272 g/mol. The van der Waals surface area contributed by atoms with Gasteiger partial charge in [-0.25, -0.2) is 0 Å². The van der Waals surface area contributed by atoms with E-state index in [1.807, 2.05) is 0 Å². The second-order valence-electron chi connectivity index (χ2n) is 6.57. The third-order valence-electron chi connectivity index (χ3n) is 5.04. The molecule has 2 nitrogen and oxygen atoms in total. The Bertz CT molecular complexity index is 429. The number of rotatable bonds is 3. The van der Waals surface area contributed by atoms with E-state index in [4.69, 9.17) is 0 Å². The molecule has 0 bridgehead atoms. The van der Waals surface area contributed by atoms with E-state index in [-0.39, 0.29) is 0 Å². The molecule has 1 aliphatic heterocycles. The van der Waals surface area contributed by atoms with Gasteiger partial charge in [-0.3, -0.25) is 0 Å². The molecule has 0 unspecified atom stereocenters. The van der Waals surface area contributed by atoms with E-state index in [1.165, 1.54) is 62.7 Å². The van der Waals surface area contributed by atoms with Gasteiger partial charge in [-0.1, -0.05) is 50.8 Å². The maximum absolute atomic E-state index is 3.84. The third kappa shape index (κ3) is 2.85. The molecule has 1 N–H and O–H groups in total. The van der Waals surface area contributed by atoms with Crippen LogP contribution in [0.4, 0.5) is 5.69 Å². The molecule has 2 fully saturated rings. The van der Waals surface area contributed by atoms with Crippen LogP contribution in [0.15, 0.2) is 24.3 Å². The Morgan fingerprint density at radius 1 is 1.15 bits per heavy atom. The number of piperazine rings is 1. The smallest absolute Gasteiger partial charge is 0.0399 e. The van der Waals surface area contributed by atoms with Crippen molar-refractivity contribution in [2.24, 2.45) is 0 Å². The van der Waals surface area contributed by atoms with Crippen LogP contribution < -0.4 is 10.2 Å². The van der Waals surface area contributed by atoms with Gasteiger partial charge in [0.05, 0.1) is 0 Å². The molecule has 1 saturated carbocycles. The van der Waals surface area contributed by atoms with Crippen molar-refractivity contribution < 1.29 is 0 Å². The summed E-state index contributed by atoms with van der Waals surface area (Å²) in [5, 5.41) is 3.84. The summed E-state index contributed by atoms with van der Waals surface area (Å²) in [6.07, 6.45) is 9.38. The third-order valence-corrected chi connectivity index (χ3v) is 5.04. The summed E-state index contributed by atoms with van der Waals surface area (Å²) < 4.78 is 0. The highest BCUT2D eigenvalue weighted by Gasteiger charge is 2.36. The van der Waals surface area contributed by atoms with Crippen LogP contribution in [0, 0.1) is 0 Å². The minimum absolute atomic E-state index is 0.399. The molecule has 0 radical (unpaired) electrons. The molecule has 1 heterocycles. The van der Waals surface area contributed by atoms with E-state index in [9.17, 15) is 0 Å². The van der Waals surface area contributed by atoms with Crippen LogP contribution in [0.25, 0.3) is 0 Å². The molecule has 2 aliphatic rings. The number of hydrogen-bond acceptors (Lipinski definition) is 2. The second-order valence-corrected chi connectivity index (χ2v) is 6.57. The highest BCUT2D eigenvalue weighted by Crippen LogP contribution is 2.33. The first kappa shape index (κ1) is 13.9. The number of benzene rings is 1. The molecule has 1 saturated heterocycles. The molecule has 1 spiro atoms. The van der Waals surface area contributed by atoms with Gasteiger partial charge in [-0.2, -0.15) is 0 Å². The van der Waals surface area contributed by atoms with E-state index in [1.54, 1.807) is 0 Å². The summed E-state index contributed by atoms with van der Waals surface area (Å²) in [6, 6.07) is 9.03. The number of anilines is 1. The molecule has 3 rings (SSSR count). The topological polar surface area (TPSA) is 15.3 Å². The van der Waals surface area contributed by atoms with E-state index < -0.39 is 0 Å². The van der Waals surface area contributed by atoms with Gasteiger partial charge in [0.25, 0.3) is 0 Å². The van der Waals surface area contributed by atoms with Crippen molar-refractivity contribution in [2.75, 3.05) is 24.5 Å². The lowest BCUT2D eigenvalue weighted by Crippen LogP contribution is -2.61. The first-order valence-electron chi connectivity index (χ1n) is 8.41. The van der Waals surface area contributed by atoms with Crippen molar-refractivity contribution in [3.8, 4) is 0 Å². The predicted molar refractivity (Wildman–Crippen MR) is 86.5 cm³/mol. The van der Waals surface area contributed by atoms with Crippen LogP contribution in [-0.2, 0) is 6.42 Å². The molecular weight excluding hydrogens is 244 g/mol. The lowest BCUT2D eigenvalue weighted by molar-refractivity contribution is 0.216. The predicted octanol–water partition coefficient (Wildman–Crippen LogP) is 3.75. The molecule has 2 heteroatoms. The Balaban J connectivity index is 1.79. The van der Waals surface area contributed by atoms with Crippen molar-refractivity contribution in [1.82, 2.24) is 5.32 Å². The first-order chi connectivity index (χ1) is 9.83. The summed E-state index contributed by atoms with van der Waals surface area (Å²) in [5.74, 6) is 0. The van der Waals surface area contributed by atoms with Crippen LogP contribution >= 0.6 is 0 Å². The molecule has 20 heavy (non-hydrogen) atoms. The summed E-state index contributed by atoms with van der Waals surface area (Å²) >= 11 is 0. The van der Waals surface area contributed by atoms with Gasteiger partial charge in [0.1, 0.15) is 0 Å². The SMILES string of the molecule is CCCc1ccccc1N1CCNC2(CCCCC2)C1. The summed E-state index contributed by atoms with van der Waals surface area (Å²) in [7, 11) is 0. The van der Waals surface area contributed by atoms with E-state index in [0.717, 1.165) is 13.1 Å². The second kappa shape index (κ2) is 6.17. The van der Waals surface area contributed by atoms with E-state index in [0.29, 0.717) is 5.54 Å². The maximum Gasteiger partial charge on any atom is 0.0399 e. The zero-order valence-corrected chi connectivity index (χ0v) is 12.8. The van der Waals surface area contributed by atoms with Crippen molar-refractivity contribution in [3.63, 3.8) is 0 Å². The maximum atomic E-state index is 3.84. The highest BCUT2D eigenvalue weighted by molar-refractivity contribution is 5.54. The zero-order valence-electron chi connectivity index (χ0n) is 12.8. The fraction of sp³-hybridized carbons (Fsp3) is 0.667. The van der Waals surface area contributed by atoms with E-state index in [2.05, 4.69) is 41.4 Å². The molecule has 1 aliphatic carbocycles. The Labute approximate surface area is 123 Å². The van der Waals surface area contributed by atoms with Gasteiger partial charge >= 0.3 is 0 Å². The lowest BCUT2D eigenvalue weighted by Gasteiger charge is -2.47. The summed E-state index contributed by atoms with van der Waals surface area (Å²) in [6.45, 7) is 5.77. The first-order valence-corrected chi connectivity index (χ1v) is 8.41. The van der Waals surface area contributed by atoms with Crippen LogP contribution in [0.3, 0.4) is 0 Å². The number of para-hydroxylation sites is 1. The minimum Gasteiger partial charge on any atom is -0.368 e. The quantitative estimate of drug-likeness (QED) is 0.901. The molecule has 0 amide bonds. The van der Waals surface area contributed by atoms with Crippen LogP contribution in [-0.4, -0.2) is 25.2 Å². The van der Waals surface area contributed by atoms with Gasteiger partial charge in [0.15, 0.2) is 0 Å². The summed E-state index contributed by atoms with van der Waals surface area (Å²) in [4.78, 5) is 2.65. The average Bonchev–Trinajstić information content (AvgIpc) is 2.49. The fourth-order valence-corrected chi connectivity index (χ4v) is 4.03. The normalized spacial score (nSPS) is 22.1. The average molecular weight is 272 g/mol. The lowest BCUT2D eigenvalue weighted by atomic mass is 9.80. The molecule has 0 aromatic heterocycles. The van der Waals surface area contributed by atoms with Gasteiger partial charge in [0.2, 0.25) is 0 Å². The van der Waals surface area contributed by atoms with Crippen molar-refractivity contribution in [2.45, 2.75) is 57.4 Å². The van der Waals surface area contributed by atoms with Gasteiger partial charge in [0, 0.05) is 30.9 Å². The Kier molecular flexibility index (Phi) is 4.30. The Morgan fingerprint density at radius 3 is 2.75 bits per heavy atom.